The molecule has 0 saturated heterocycles. The van der Waals surface area contributed by atoms with E-state index in [1.165, 1.54) is 0 Å². The standard InChI is InChI=1S/C9H20O3/c1-5-9(3,10-4)12-8-7-11-6-2/h5-8H2,1-4H3. The van der Waals surface area contributed by atoms with Crippen molar-refractivity contribution < 1.29 is 14.2 Å². The number of rotatable bonds is 7. The van der Waals surface area contributed by atoms with Crippen LogP contribution in [0.25, 0.3) is 0 Å². The molecule has 12 heavy (non-hydrogen) atoms. The fraction of sp³-hybridized carbons (Fsp3) is 1.00. The van der Waals surface area contributed by atoms with Crippen LogP contribution in [0.5, 0.6) is 0 Å². The maximum atomic E-state index is 5.48. The Kier molecular flexibility index (Phi) is 6.34. The Morgan fingerprint density at radius 2 is 1.83 bits per heavy atom. The smallest absolute Gasteiger partial charge is 0.164 e. The van der Waals surface area contributed by atoms with Gasteiger partial charge in [-0.15, -0.1) is 0 Å². The second-order valence-electron chi connectivity index (χ2n) is 2.74. The molecule has 0 spiro atoms. The summed E-state index contributed by atoms with van der Waals surface area (Å²) in [6, 6.07) is 0. The molecule has 0 N–H and O–H groups in total. The molecular formula is C9H20O3. The maximum Gasteiger partial charge on any atom is 0.164 e. The van der Waals surface area contributed by atoms with Gasteiger partial charge in [-0.3, -0.25) is 0 Å². The van der Waals surface area contributed by atoms with Crippen LogP contribution in [-0.4, -0.2) is 32.7 Å². The van der Waals surface area contributed by atoms with Crippen molar-refractivity contribution in [2.24, 2.45) is 0 Å². The molecule has 3 heteroatoms. The Morgan fingerprint density at radius 1 is 1.17 bits per heavy atom. The third-order valence-corrected chi connectivity index (χ3v) is 1.91. The van der Waals surface area contributed by atoms with Crippen LogP contribution in [0.4, 0.5) is 0 Å². The SMILES string of the molecule is CCOCCOC(C)(CC)OC. The van der Waals surface area contributed by atoms with Crippen molar-refractivity contribution >= 4 is 0 Å². The molecular weight excluding hydrogens is 156 g/mol. The van der Waals surface area contributed by atoms with E-state index in [4.69, 9.17) is 14.2 Å². The predicted octanol–water partition coefficient (Wildman–Crippen LogP) is 1.81. The number of methoxy groups -OCH3 is 1. The van der Waals surface area contributed by atoms with Crippen molar-refractivity contribution in [3.05, 3.63) is 0 Å². The third-order valence-electron chi connectivity index (χ3n) is 1.91. The van der Waals surface area contributed by atoms with Gasteiger partial charge in [0, 0.05) is 13.7 Å². The van der Waals surface area contributed by atoms with Crippen molar-refractivity contribution in [3.8, 4) is 0 Å². The van der Waals surface area contributed by atoms with Crippen LogP contribution in [0, 0.1) is 0 Å². The van der Waals surface area contributed by atoms with Gasteiger partial charge in [-0.2, -0.15) is 0 Å². The quantitative estimate of drug-likeness (QED) is 0.437. The minimum absolute atomic E-state index is 0.447. The van der Waals surface area contributed by atoms with E-state index in [0.29, 0.717) is 13.2 Å². The van der Waals surface area contributed by atoms with E-state index in [1.54, 1.807) is 7.11 Å². The van der Waals surface area contributed by atoms with Crippen LogP contribution in [0.3, 0.4) is 0 Å². The normalized spacial score (nSPS) is 16.0. The van der Waals surface area contributed by atoms with Gasteiger partial charge in [-0.05, 0) is 20.3 Å². The number of hydrogen-bond acceptors (Lipinski definition) is 3. The molecule has 0 fully saturated rings. The Labute approximate surface area is 75.0 Å². The lowest BCUT2D eigenvalue weighted by molar-refractivity contribution is -0.216. The summed E-state index contributed by atoms with van der Waals surface area (Å²) in [6.45, 7) is 7.89. The largest absolute Gasteiger partial charge is 0.379 e. The first kappa shape index (κ1) is 11.9. The van der Waals surface area contributed by atoms with Crippen LogP contribution in [0.2, 0.25) is 0 Å². The van der Waals surface area contributed by atoms with E-state index in [2.05, 4.69) is 0 Å². The molecule has 1 atom stereocenters. The molecule has 3 nitrogen and oxygen atoms in total. The van der Waals surface area contributed by atoms with Crippen LogP contribution >= 0.6 is 0 Å². The zero-order chi connectivity index (χ0) is 9.45. The van der Waals surface area contributed by atoms with Crippen molar-refractivity contribution in [1.29, 1.82) is 0 Å². The lowest BCUT2D eigenvalue weighted by Gasteiger charge is -2.26. The third kappa shape index (κ3) is 4.70. The van der Waals surface area contributed by atoms with Gasteiger partial charge in [0.2, 0.25) is 0 Å². The van der Waals surface area contributed by atoms with E-state index < -0.39 is 5.79 Å². The maximum absolute atomic E-state index is 5.48. The minimum Gasteiger partial charge on any atom is -0.379 e. The zero-order valence-corrected chi connectivity index (χ0v) is 8.55. The highest BCUT2D eigenvalue weighted by Gasteiger charge is 2.20. The summed E-state index contributed by atoms with van der Waals surface area (Å²) in [4.78, 5) is 0. The molecule has 0 aliphatic rings. The molecule has 0 aromatic rings. The lowest BCUT2D eigenvalue weighted by atomic mass is 10.2. The minimum atomic E-state index is -0.447. The van der Waals surface area contributed by atoms with Crippen LogP contribution in [0.1, 0.15) is 27.2 Å². The van der Waals surface area contributed by atoms with Gasteiger partial charge in [0.05, 0.1) is 13.2 Å². The highest BCUT2D eigenvalue weighted by atomic mass is 16.7. The Balaban J connectivity index is 3.45. The Morgan fingerprint density at radius 3 is 2.25 bits per heavy atom. The average molecular weight is 176 g/mol. The molecule has 74 valence electrons. The fourth-order valence-corrected chi connectivity index (χ4v) is 0.766. The summed E-state index contributed by atoms with van der Waals surface area (Å²) in [5.41, 5.74) is 0. The molecule has 0 aliphatic carbocycles. The molecule has 0 aromatic carbocycles. The molecule has 0 saturated carbocycles. The second kappa shape index (κ2) is 6.40. The van der Waals surface area contributed by atoms with Crippen molar-refractivity contribution in [3.63, 3.8) is 0 Å². The molecule has 0 aromatic heterocycles. The zero-order valence-electron chi connectivity index (χ0n) is 8.55. The van der Waals surface area contributed by atoms with E-state index in [9.17, 15) is 0 Å². The van der Waals surface area contributed by atoms with Gasteiger partial charge in [0.25, 0.3) is 0 Å². The fourth-order valence-electron chi connectivity index (χ4n) is 0.766. The monoisotopic (exact) mass is 176 g/mol. The van der Waals surface area contributed by atoms with Gasteiger partial charge < -0.3 is 14.2 Å². The first-order valence-corrected chi connectivity index (χ1v) is 4.45. The van der Waals surface area contributed by atoms with Gasteiger partial charge >= 0.3 is 0 Å². The van der Waals surface area contributed by atoms with Crippen LogP contribution in [0.15, 0.2) is 0 Å². The molecule has 0 heterocycles. The molecule has 0 rings (SSSR count). The van der Waals surface area contributed by atoms with E-state index >= 15 is 0 Å². The number of hydrogen-bond donors (Lipinski definition) is 0. The summed E-state index contributed by atoms with van der Waals surface area (Å²) >= 11 is 0. The van der Waals surface area contributed by atoms with E-state index in [1.807, 2.05) is 20.8 Å². The van der Waals surface area contributed by atoms with E-state index in [0.717, 1.165) is 13.0 Å². The van der Waals surface area contributed by atoms with Gasteiger partial charge in [-0.25, -0.2) is 0 Å². The van der Waals surface area contributed by atoms with Crippen molar-refractivity contribution in [2.75, 3.05) is 26.9 Å². The summed E-state index contributed by atoms with van der Waals surface area (Å²) in [6.07, 6.45) is 0.843. The van der Waals surface area contributed by atoms with Gasteiger partial charge in [0.1, 0.15) is 0 Å². The van der Waals surface area contributed by atoms with Crippen LogP contribution in [-0.2, 0) is 14.2 Å². The second-order valence-corrected chi connectivity index (χ2v) is 2.74. The highest BCUT2D eigenvalue weighted by Crippen LogP contribution is 2.14. The Hall–Kier alpha value is -0.120. The van der Waals surface area contributed by atoms with Gasteiger partial charge in [-0.1, -0.05) is 6.92 Å². The topological polar surface area (TPSA) is 27.7 Å². The molecule has 0 radical (unpaired) electrons. The van der Waals surface area contributed by atoms with E-state index in [-0.39, 0.29) is 0 Å². The average Bonchev–Trinajstić information content (AvgIpc) is 2.12. The lowest BCUT2D eigenvalue weighted by Crippen LogP contribution is -2.31. The molecule has 0 amide bonds. The molecule has 0 bridgehead atoms. The van der Waals surface area contributed by atoms with Gasteiger partial charge in [0.15, 0.2) is 5.79 Å². The summed E-state index contributed by atoms with van der Waals surface area (Å²) < 4.78 is 15.8. The first-order valence-electron chi connectivity index (χ1n) is 4.45. The first-order chi connectivity index (χ1) is 5.68. The van der Waals surface area contributed by atoms with Crippen molar-refractivity contribution in [2.45, 2.75) is 33.0 Å². The summed E-state index contributed by atoms with van der Waals surface area (Å²) in [5, 5.41) is 0. The molecule has 0 aliphatic heterocycles. The Bertz CT molecular complexity index is 99.9. The van der Waals surface area contributed by atoms with Crippen molar-refractivity contribution in [1.82, 2.24) is 0 Å². The highest BCUT2D eigenvalue weighted by molar-refractivity contribution is 4.58. The molecule has 1 unspecified atom stereocenters. The summed E-state index contributed by atoms with van der Waals surface area (Å²) in [7, 11) is 1.66. The van der Waals surface area contributed by atoms with Crippen LogP contribution < -0.4 is 0 Å². The summed E-state index contributed by atoms with van der Waals surface area (Å²) in [5.74, 6) is -0.447. The predicted molar refractivity (Wildman–Crippen MR) is 48.2 cm³/mol. The number of ether oxygens (including phenoxy) is 3.